The Hall–Kier alpha value is -7.28. The monoisotopic (exact) mass is 1430 g/mol. The van der Waals surface area contributed by atoms with Gasteiger partial charge in [-0.1, -0.05) is 140 Å². The number of aliphatic hydroxyl groups excluding tert-OH is 1. The average Bonchev–Trinajstić information content (AvgIpc) is 0.696. The lowest BCUT2D eigenvalue weighted by Gasteiger charge is -2.69. The van der Waals surface area contributed by atoms with Crippen molar-refractivity contribution in [3.05, 3.63) is 106 Å². The van der Waals surface area contributed by atoms with Crippen molar-refractivity contribution in [2.24, 2.45) is 37.6 Å². The van der Waals surface area contributed by atoms with E-state index in [1.165, 1.54) is 74.0 Å². The van der Waals surface area contributed by atoms with Crippen molar-refractivity contribution in [3.8, 4) is 21.6 Å². The van der Waals surface area contributed by atoms with Gasteiger partial charge in [-0.2, -0.15) is 10.2 Å². The van der Waals surface area contributed by atoms with Crippen LogP contribution in [0.2, 0.25) is 0 Å². The van der Waals surface area contributed by atoms with Gasteiger partial charge in [0, 0.05) is 67.8 Å². The number of allylic oxidation sites excluding steroid dienone is 1. The van der Waals surface area contributed by atoms with Crippen LogP contribution in [0.4, 0.5) is 10.9 Å². The molecule has 102 heavy (non-hydrogen) atoms. The summed E-state index contributed by atoms with van der Waals surface area (Å²) >= 11 is 3.12. The normalized spacial score (nSPS) is 24.2. The van der Waals surface area contributed by atoms with Crippen LogP contribution in [0.3, 0.4) is 0 Å². The largest absolute Gasteiger partial charge is 0.476 e. The molecular formula is C79H109N13O8S2. The van der Waals surface area contributed by atoms with Crippen LogP contribution < -0.4 is 21.4 Å². The predicted molar refractivity (Wildman–Crippen MR) is 406 cm³/mol. The molecule has 4 saturated carbocycles. The van der Waals surface area contributed by atoms with Crippen LogP contribution in [0.15, 0.2) is 93.6 Å². The third kappa shape index (κ3) is 18.3. The van der Waals surface area contributed by atoms with Crippen LogP contribution in [0, 0.1) is 35.5 Å². The number of hydrogen-bond acceptors (Lipinski definition) is 17. The van der Waals surface area contributed by atoms with Gasteiger partial charge in [-0.25, -0.2) is 24.7 Å². The first-order chi connectivity index (χ1) is 48.8. The average molecular weight is 1430 g/mol. The van der Waals surface area contributed by atoms with E-state index in [1.54, 1.807) is 11.3 Å². The van der Waals surface area contributed by atoms with Crippen LogP contribution in [-0.4, -0.2) is 157 Å². The number of piperidine rings is 1. The second-order valence-corrected chi connectivity index (χ2v) is 34.0. The van der Waals surface area contributed by atoms with Crippen LogP contribution in [0.25, 0.3) is 31.8 Å². The Kier molecular flexibility index (Phi) is 24.4. The minimum atomic E-state index is -1.11. The summed E-state index contributed by atoms with van der Waals surface area (Å²) < 4.78 is 16.2. The molecule has 0 radical (unpaired) electrons. The third-order valence-corrected chi connectivity index (χ3v) is 23.9. The summed E-state index contributed by atoms with van der Waals surface area (Å²) in [6.07, 6.45) is 23.9. The molecule has 6 atom stereocenters. The van der Waals surface area contributed by atoms with E-state index in [0.717, 1.165) is 138 Å². The summed E-state index contributed by atoms with van der Waals surface area (Å²) in [6, 6.07) is 17.6. The van der Waals surface area contributed by atoms with E-state index in [1.807, 2.05) is 125 Å². The lowest BCUT2D eigenvalue weighted by Crippen LogP contribution is -2.64. The first-order valence-corrected chi connectivity index (χ1v) is 38.9. The molecule has 6 aliphatic rings. The first kappa shape index (κ1) is 75.9. The first-order valence-electron chi connectivity index (χ1n) is 37.2. The molecule has 4 aliphatic carbocycles. The summed E-state index contributed by atoms with van der Waals surface area (Å²) in [6.45, 7) is 22.9. The van der Waals surface area contributed by atoms with E-state index >= 15 is 0 Å². The van der Waals surface area contributed by atoms with Crippen molar-refractivity contribution in [2.45, 2.75) is 227 Å². The number of amides is 3. The number of nitrogens with one attached hydrogen (secondary N) is 2. The molecule has 23 heteroatoms. The molecule has 2 aliphatic heterocycles. The molecule has 2 saturated heterocycles. The number of benzene rings is 2. The molecule has 21 nitrogen and oxygen atoms in total. The molecular weight excluding hydrogens is 1320 g/mol. The van der Waals surface area contributed by atoms with Crippen LogP contribution >= 0.6 is 22.7 Å². The number of fused-ring (bicyclic) bond motifs is 1. The zero-order valence-electron chi connectivity index (χ0n) is 61.8. The van der Waals surface area contributed by atoms with Gasteiger partial charge in [0.05, 0.1) is 56.8 Å². The zero-order chi connectivity index (χ0) is 72.6. The second-order valence-electron chi connectivity index (χ2n) is 32.1. The second kappa shape index (κ2) is 32.8. The molecule has 3 amide bonds. The molecule has 2 unspecified atom stereocenters. The van der Waals surface area contributed by atoms with Gasteiger partial charge in [-0.3, -0.25) is 19.1 Å². The summed E-state index contributed by atoms with van der Waals surface area (Å²) in [7, 11) is 2.23. The molecule has 550 valence electrons. The lowest BCUT2D eigenvalue weighted by molar-refractivity contribution is -0.248. The van der Waals surface area contributed by atoms with Crippen molar-refractivity contribution < 1.29 is 38.9 Å². The number of aryl methyl sites for hydroxylation is 1. The van der Waals surface area contributed by atoms with E-state index in [-0.39, 0.29) is 65.0 Å². The number of β-amino-alcohol motifs (C(OH)–C–C–N with tert-alkyl or cyclic N) is 1. The number of aliphatic imine (C=N–C) groups is 1. The van der Waals surface area contributed by atoms with Crippen molar-refractivity contribution in [3.63, 3.8) is 0 Å². The van der Waals surface area contributed by atoms with E-state index in [4.69, 9.17) is 30.4 Å². The van der Waals surface area contributed by atoms with Gasteiger partial charge in [0.1, 0.15) is 24.5 Å². The fourth-order valence-corrected chi connectivity index (χ4v) is 19.7. The Morgan fingerprint density at radius 3 is 2.22 bits per heavy atom. The van der Waals surface area contributed by atoms with Crippen molar-refractivity contribution in [1.82, 2.24) is 45.2 Å². The maximum absolute atomic E-state index is 14.2. The number of likely N-dealkylation sites (tertiary alicyclic amines) is 1. The molecule has 6 fully saturated rings. The molecule has 4 bridgehead atoms. The highest BCUT2D eigenvalue weighted by Crippen LogP contribution is 2.72. The van der Waals surface area contributed by atoms with Crippen molar-refractivity contribution in [1.29, 1.82) is 0 Å². The number of likely N-dealkylation sites (N-methyl/N-ethyl adjacent to an activating group) is 1. The number of aromatic carboxylic acids is 1. The summed E-state index contributed by atoms with van der Waals surface area (Å²) in [4.78, 5) is 79.6. The van der Waals surface area contributed by atoms with Gasteiger partial charge in [0.15, 0.2) is 11.5 Å². The van der Waals surface area contributed by atoms with Crippen molar-refractivity contribution >= 4 is 79.6 Å². The fourth-order valence-electron chi connectivity index (χ4n) is 18.1. The number of aliphatic hydroxyl groups is 1. The number of hydrazone groups is 1. The zero-order valence-corrected chi connectivity index (χ0v) is 63.5. The maximum Gasteiger partial charge on any atom is 0.355 e. The van der Waals surface area contributed by atoms with Crippen LogP contribution in [-0.2, 0) is 30.4 Å². The number of ether oxygens (including phenoxy) is 2. The minimum Gasteiger partial charge on any atom is -0.476 e. The van der Waals surface area contributed by atoms with Crippen LogP contribution in [0.5, 0.6) is 0 Å². The van der Waals surface area contributed by atoms with Gasteiger partial charge in [0.25, 0.3) is 0 Å². The quantitative estimate of drug-likeness (QED) is 0.0111. The lowest BCUT2D eigenvalue weighted by atomic mass is 9.39. The van der Waals surface area contributed by atoms with Gasteiger partial charge in [-0.15, -0.1) is 11.3 Å². The molecule has 12 rings (SSSR count). The SMILES string of the molecule is CC(/C=N\c1nc2ccccc2s1)=C1\CCCN(c2ccc(-c3cnn(CC45CC6(C)CC(C)(C4)CC(OCCN(C)CCCCCCCCCCCCCOCC(=O)N[C@H](C(=O)N4C[C@H](O)C[C@H]4C(=O)N[C@@H](C)c4ccc(-c7scnc7C)cc4)C(C)(C)C)(C6)C5)c3C)c(C(=O)O)n2)\C1=N\N. The Balaban J connectivity index is 0.558. The number of pyridine rings is 1. The Labute approximate surface area is 610 Å². The number of para-hydroxylation sites is 1. The van der Waals surface area contributed by atoms with E-state index in [0.29, 0.717) is 42.1 Å². The number of aromatic nitrogens is 5. The number of carboxylic acids is 1. The number of amidine groups is 1. The number of rotatable bonds is 33. The molecule has 4 aromatic heterocycles. The smallest absolute Gasteiger partial charge is 0.355 e. The highest BCUT2D eigenvalue weighted by molar-refractivity contribution is 7.22. The van der Waals surface area contributed by atoms with E-state index in [9.17, 15) is 29.4 Å². The van der Waals surface area contributed by atoms with E-state index in [2.05, 4.69) is 63.1 Å². The predicted octanol–water partition coefficient (Wildman–Crippen LogP) is 14.3. The number of carbonyl (C=O) groups is 4. The number of unbranched alkanes of at least 4 members (excludes halogenated alkanes) is 10. The number of thiazole rings is 2. The number of nitrogens with zero attached hydrogens (tertiary/aromatic N) is 10. The van der Waals surface area contributed by atoms with Crippen molar-refractivity contribution in [2.75, 3.05) is 57.9 Å². The highest BCUT2D eigenvalue weighted by atomic mass is 32.1. The topological polar surface area (TPSA) is 268 Å². The fraction of sp³-hybridized carbons (Fsp3) is 0.595. The minimum absolute atomic E-state index is 0.00370. The van der Waals surface area contributed by atoms with Gasteiger partial charge in [-0.05, 0) is 168 Å². The Morgan fingerprint density at radius 1 is 0.853 bits per heavy atom. The molecule has 6 N–H and O–H groups in total. The number of hydrogen-bond donors (Lipinski definition) is 5. The third-order valence-electron chi connectivity index (χ3n) is 22.0. The Morgan fingerprint density at radius 2 is 1.55 bits per heavy atom. The highest BCUT2D eigenvalue weighted by Gasteiger charge is 2.66. The number of nitrogens with two attached hydrogens (primary N) is 1. The Bertz CT molecular complexity index is 3970. The van der Waals surface area contributed by atoms with E-state index < -0.39 is 35.5 Å². The number of anilines is 1. The summed E-state index contributed by atoms with van der Waals surface area (Å²) in [5.41, 5.74) is 9.21. The number of carbonyl (C=O) groups excluding carboxylic acids is 3. The van der Waals surface area contributed by atoms with Gasteiger partial charge >= 0.3 is 5.97 Å². The molecule has 6 heterocycles. The molecule has 2 aromatic carbocycles. The maximum atomic E-state index is 14.2. The van der Waals surface area contributed by atoms with Crippen LogP contribution in [0.1, 0.15) is 210 Å². The summed E-state index contributed by atoms with van der Waals surface area (Å²) in [5, 5.41) is 37.3. The van der Waals surface area contributed by atoms with Gasteiger partial charge in [0.2, 0.25) is 22.9 Å². The van der Waals surface area contributed by atoms with Gasteiger partial charge < -0.3 is 50.9 Å². The molecule has 0 spiro atoms. The number of carboxylic acid groups (broad SMARTS) is 1. The standard InChI is InChI=1S/C79H109N13O8S2/c1-52(40-81-74-85-62-26-20-21-27-64(62)102-74)59-25-24-35-90(70(59)88-80)65-33-32-60(67(86-65)73(97)98)61-41-83-92(55(61)4)50-78-45-76(8)44-77(9,46-78)48-79(47-76,49-78)100-38-36-89(10)34-22-18-16-14-12-11-13-15-17-19-23-37-99-43-66(94)87-69(75(5,6)7)72(96)91-42-58(93)39-63(91)71(95)84-53(2)56-28-30-57(31-29-56)68-54(3)82-51-101-68/h20-21,26-33,40-41,51,53,58,63,69,93H,11-19,22-25,34-39,42-50,80H2,1-10H3,(H,84,95)(H,87,94)(H,97,98)/b59-52-,81-40-,88-70+/t53-,58+,63-,69+,76?,77?,78?,79?/m0/s1. The molecule has 6 aromatic rings. The summed E-state index contributed by atoms with van der Waals surface area (Å²) in [5.74, 6) is 4.89.